The minimum Gasteiger partial charge on any atom is -0.494 e. The molecule has 2 aromatic heterocycles. The fraction of sp³-hybridized carbons (Fsp3) is 0.333. The van der Waals surface area contributed by atoms with Crippen molar-refractivity contribution in [1.29, 1.82) is 0 Å². The molecule has 1 aliphatic heterocycles. The normalized spacial score (nSPS) is 14.6. The minimum absolute atomic E-state index is 0.763. The number of H-pyrrole nitrogens is 2. The number of hydrogen-bond donors (Lipinski definition) is 2. The van der Waals surface area contributed by atoms with E-state index in [9.17, 15) is 0 Å². The Hall–Kier alpha value is -3.84. The third kappa shape index (κ3) is 5.04. The first-order chi connectivity index (χ1) is 18.2. The Morgan fingerprint density at radius 2 is 1.49 bits per heavy atom. The van der Waals surface area contributed by atoms with Crippen molar-refractivity contribution < 1.29 is 4.74 Å². The number of likely N-dealkylation sites (N-methyl/N-ethyl adjacent to an activating group) is 1. The first-order valence-electron chi connectivity index (χ1n) is 13.3. The first-order valence-corrected chi connectivity index (χ1v) is 13.3. The number of unbranched alkanes of at least 4 members (excludes halogenated alkanes) is 2. The van der Waals surface area contributed by atoms with Crippen LogP contribution in [-0.2, 0) is 0 Å². The maximum Gasteiger partial charge on any atom is 0.138 e. The van der Waals surface area contributed by atoms with Crippen LogP contribution in [0.5, 0.6) is 5.75 Å². The number of rotatable bonds is 8. The van der Waals surface area contributed by atoms with E-state index in [4.69, 9.17) is 14.7 Å². The molecule has 0 amide bonds. The molecule has 190 valence electrons. The van der Waals surface area contributed by atoms with Crippen molar-refractivity contribution in [1.82, 2.24) is 24.8 Å². The highest BCUT2D eigenvalue weighted by molar-refractivity contribution is 5.87. The fourth-order valence-electron chi connectivity index (χ4n) is 4.94. The van der Waals surface area contributed by atoms with Crippen LogP contribution in [-0.4, -0.2) is 64.7 Å². The summed E-state index contributed by atoms with van der Waals surface area (Å²) in [5.74, 6) is 2.62. The molecule has 37 heavy (non-hydrogen) atoms. The summed E-state index contributed by atoms with van der Waals surface area (Å²) in [6.07, 6.45) is 3.49. The maximum atomic E-state index is 5.85. The zero-order chi connectivity index (χ0) is 25.2. The van der Waals surface area contributed by atoms with Gasteiger partial charge in [0.15, 0.2) is 0 Å². The first kappa shape index (κ1) is 23.6. The van der Waals surface area contributed by atoms with Gasteiger partial charge < -0.3 is 24.5 Å². The predicted octanol–water partition coefficient (Wildman–Crippen LogP) is 6.09. The monoisotopic (exact) mass is 494 g/mol. The van der Waals surface area contributed by atoms with Crippen molar-refractivity contribution in [2.45, 2.75) is 26.2 Å². The maximum absolute atomic E-state index is 5.85. The summed E-state index contributed by atoms with van der Waals surface area (Å²) >= 11 is 0. The zero-order valence-corrected chi connectivity index (χ0v) is 21.6. The standard InChI is InChI=1S/C30H34N6O/c1-3-4-5-18-37-24-10-6-21(7-11-24)29-31-25-12-8-22(19-27(25)33-29)30-32-26-13-9-23(20-28(26)34-30)36-16-14-35(2)15-17-36/h6-13,19-20H,3-5,14-18H2,1-2H3,(H,31,33)(H,32,34). The van der Waals surface area contributed by atoms with E-state index in [1.807, 2.05) is 12.1 Å². The summed E-state index contributed by atoms with van der Waals surface area (Å²) in [7, 11) is 2.18. The van der Waals surface area contributed by atoms with E-state index >= 15 is 0 Å². The Kier molecular flexibility index (Phi) is 6.53. The molecule has 3 heterocycles. The number of hydrogen-bond acceptors (Lipinski definition) is 5. The van der Waals surface area contributed by atoms with Crippen molar-refractivity contribution in [3.05, 3.63) is 60.7 Å². The van der Waals surface area contributed by atoms with Crippen LogP contribution in [0.1, 0.15) is 26.2 Å². The summed E-state index contributed by atoms with van der Waals surface area (Å²) in [6, 6.07) is 21.0. The van der Waals surface area contributed by atoms with Crippen LogP contribution in [0.25, 0.3) is 44.8 Å². The lowest BCUT2D eigenvalue weighted by Crippen LogP contribution is -2.44. The third-order valence-corrected chi connectivity index (χ3v) is 7.23. The highest BCUT2D eigenvalue weighted by Crippen LogP contribution is 2.29. The van der Waals surface area contributed by atoms with Crippen LogP contribution in [0.4, 0.5) is 5.69 Å². The molecule has 0 radical (unpaired) electrons. The van der Waals surface area contributed by atoms with Gasteiger partial charge in [-0.05, 0) is 74.1 Å². The molecular formula is C30H34N6O. The van der Waals surface area contributed by atoms with Gasteiger partial charge >= 0.3 is 0 Å². The number of piperazine rings is 1. The smallest absolute Gasteiger partial charge is 0.138 e. The van der Waals surface area contributed by atoms with E-state index in [1.54, 1.807) is 0 Å². The van der Waals surface area contributed by atoms with Crippen LogP contribution < -0.4 is 9.64 Å². The topological polar surface area (TPSA) is 73.1 Å². The molecule has 5 aromatic rings. The molecule has 0 saturated carbocycles. The van der Waals surface area contributed by atoms with Crippen LogP contribution in [0.3, 0.4) is 0 Å². The number of imidazole rings is 2. The summed E-state index contributed by atoms with van der Waals surface area (Å²) < 4.78 is 5.85. The van der Waals surface area contributed by atoms with Gasteiger partial charge in [0.25, 0.3) is 0 Å². The quantitative estimate of drug-likeness (QED) is 0.255. The van der Waals surface area contributed by atoms with Gasteiger partial charge in [-0.1, -0.05) is 19.8 Å². The van der Waals surface area contributed by atoms with E-state index in [-0.39, 0.29) is 0 Å². The second-order valence-corrected chi connectivity index (χ2v) is 9.97. The average molecular weight is 495 g/mol. The lowest BCUT2D eigenvalue weighted by atomic mass is 10.2. The number of anilines is 1. The van der Waals surface area contributed by atoms with Gasteiger partial charge in [-0.2, -0.15) is 0 Å². The number of nitrogens with one attached hydrogen (secondary N) is 2. The average Bonchev–Trinajstić information content (AvgIpc) is 3.55. The Morgan fingerprint density at radius 3 is 2.30 bits per heavy atom. The fourth-order valence-corrected chi connectivity index (χ4v) is 4.94. The Labute approximate surface area is 217 Å². The Balaban J connectivity index is 1.21. The van der Waals surface area contributed by atoms with Crippen LogP contribution in [0.15, 0.2) is 60.7 Å². The zero-order valence-electron chi connectivity index (χ0n) is 21.6. The van der Waals surface area contributed by atoms with Crippen LogP contribution in [0, 0.1) is 0 Å². The number of nitrogens with zero attached hydrogens (tertiary/aromatic N) is 4. The van der Waals surface area contributed by atoms with Crippen molar-refractivity contribution in [2.24, 2.45) is 0 Å². The molecule has 0 atom stereocenters. The van der Waals surface area contributed by atoms with Gasteiger partial charge in [0.1, 0.15) is 17.4 Å². The van der Waals surface area contributed by atoms with Crippen molar-refractivity contribution in [3.8, 4) is 28.5 Å². The number of aromatic amines is 2. The summed E-state index contributed by atoms with van der Waals surface area (Å²) in [6.45, 7) is 7.24. The Bertz CT molecular complexity index is 1490. The summed E-state index contributed by atoms with van der Waals surface area (Å²) in [5.41, 5.74) is 7.29. The highest BCUT2D eigenvalue weighted by Gasteiger charge is 2.16. The van der Waals surface area contributed by atoms with Gasteiger partial charge in [0, 0.05) is 43.0 Å². The lowest BCUT2D eigenvalue weighted by molar-refractivity contribution is 0.306. The molecular weight excluding hydrogens is 460 g/mol. The van der Waals surface area contributed by atoms with Crippen molar-refractivity contribution >= 4 is 27.8 Å². The Morgan fingerprint density at radius 1 is 0.757 bits per heavy atom. The van der Waals surface area contributed by atoms with Gasteiger partial charge in [0.2, 0.25) is 0 Å². The van der Waals surface area contributed by atoms with E-state index in [0.29, 0.717) is 0 Å². The lowest BCUT2D eigenvalue weighted by Gasteiger charge is -2.34. The van der Waals surface area contributed by atoms with Gasteiger partial charge in [-0.3, -0.25) is 0 Å². The SMILES string of the molecule is CCCCCOc1ccc(-c2nc3ccc(-c4nc5cc(N6CCN(C)CC6)ccc5[nH]4)cc3[nH]2)cc1. The van der Waals surface area contributed by atoms with E-state index < -0.39 is 0 Å². The van der Waals surface area contributed by atoms with Crippen LogP contribution >= 0.6 is 0 Å². The third-order valence-electron chi connectivity index (χ3n) is 7.23. The van der Waals surface area contributed by atoms with Crippen LogP contribution in [0.2, 0.25) is 0 Å². The molecule has 7 heteroatoms. The molecule has 0 spiro atoms. The molecule has 2 N–H and O–H groups in total. The second-order valence-electron chi connectivity index (χ2n) is 9.97. The van der Waals surface area contributed by atoms with Crippen molar-refractivity contribution in [3.63, 3.8) is 0 Å². The molecule has 7 nitrogen and oxygen atoms in total. The van der Waals surface area contributed by atoms with Gasteiger partial charge in [0.05, 0.1) is 28.7 Å². The number of aromatic nitrogens is 4. The molecule has 1 aliphatic rings. The molecule has 1 saturated heterocycles. The number of benzene rings is 3. The van der Waals surface area contributed by atoms with Gasteiger partial charge in [-0.25, -0.2) is 9.97 Å². The molecule has 0 aliphatic carbocycles. The van der Waals surface area contributed by atoms with Gasteiger partial charge in [-0.15, -0.1) is 0 Å². The van der Waals surface area contributed by atoms with E-state index in [0.717, 1.165) is 89.8 Å². The van der Waals surface area contributed by atoms with E-state index in [2.05, 4.69) is 82.3 Å². The molecule has 1 fully saturated rings. The largest absolute Gasteiger partial charge is 0.494 e. The minimum atomic E-state index is 0.763. The number of ether oxygens (including phenoxy) is 1. The highest BCUT2D eigenvalue weighted by atomic mass is 16.5. The van der Waals surface area contributed by atoms with Crippen molar-refractivity contribution in [2.75, 3.05) is 44.7 Å². The molecule has 6 rings (SSSR count). The molecule has 0 unspecified atom stereocenters. The molecule has 0 bridgehead atoms. The second kappa shape index (κ2) is 10.3. The number of fused-ring (bicyclic) bond motifs is 2. The molecule has 3 aromatic carbocycles. The summed E-state index contributed by atoms with van der Waals surface area (Å²) in [4.78, 5) is 21.5. The predicted molar refractivity (Wildman–Crippen MR) is 151 cm³/mol. The van der Waals surface area contributed by atoms with E-state index in [1.165, 1.54) is 18.5 Å². The summed E-state index contributed by atoms with van der Waals surface area (Å²) in [5, 5.41) is 0.